The van der Waals surface area contributed by atoms with E-state index in [1.165, 1.54) is 22.9 Å². The number of nitrogens with zero attached hydrogens (tertiary/aromatic N) is 2. The van der Waals surface area contributed by atoms with E-state index in [1.807, 2.05) is 12.3 Å². The summed E-state index contributed by atoms with van der Waals surface area (Å²) in [5.41, 5.74) is 1.28. The average Bonchev–Trinajstić information content (AvgIpc) is 2.15. The van der Waals surface area contributed by atoms with Gasteiger partial charge in [-0.05, 0) is 23.9 Å². The maximum absolute atomic E-state index is 5.87. The van der Waals surface area contributed by atoms with Crippen molar-refractivity contribution in [3.8, 4) is 0 Å². The van der Waals surface area contributed by atoms with Gasteiger partial charge in [-0.2, -0.15) is 0 Å². The molecule has 15 heavy (non-hydrogen) atoms. The Morgan fingerprint density at radius 2 is 2.13 bits per heavy atom. The number of hydrogen-bond donors (Lipinski definition) is 0. The highest BCUT2D eigenvalue weighted by Crippen LogP contribution is 2.30. The molecule has 1 saturated heterocycles. The quantitative estimate of drug-likeness (QED) is 0.684. The molecule has 0 radical (unpaired) electrons. The second kappa shape index (κ2) is 3.38. The maximum atomic E-state index is 5.87. The maximum Gasteiger partial charge on any atom is 0.129 e. The lowest BCUT2D eigenvalue weighted by atomic mass is 10.1. The molecule has 1 aliphatic rings. The molecule has 2 heterocycles. The minimum absolute atomic E-state index is 0.559. The first-order valence-corrected chi connectivity index (χ1v) is 5.51. The van der Waals surface area contributed by atoms with Crippen molar-refractivity contribution in [3.63, 3.8) is 0 Å². The third kappa shape index (κ3) is 1.45. The molecule has 1 aromatic carbocycles. The van der Waals surface area contributed by atoms with Gasteiger partial charge in [0.05, 0.1) is 0 Å². The average molecular weight is 219 g/mol. The highest BCUT2D eigenvalue weighted by Gasteiger charge is 2.16. The van der Waals surface area contributed by atoms with Crippen LogP contribution in [-0.2, 0) is 0 Å². The van der Waals surface area contributed by atoms with Gasteiger partial charge in [0.15, 0.2) is 0 Å². The first-order valence-electron chi connectivity index (χ1n) is 5.14. The summed E-state index contributed by atoms with van der Waals surface area (Å²) in [6.07, 6.45) is 3.16. The Labute approximate surface area is 93.5 Å². The summed E-state index contributed by atoms with van der Waals surface area (Å²) in [6.45, 7) is 2.31. The van der Waals surface area contributed by atoms with Gasteiger partial charge in [0.1, 0.15) is 5.15 Å². The smallest absolute Gasteiger partial charge is 0.129 e. The second-order valence-corrected chi connectivity index (χ2v) is 4.23. The lowest BCUT2D eigenvalue weighted by Gasteiger charge is -2.34. The van der Waals surface area contributed by atoms with Gasteiger partial charge in [0.25, 0.3) is 0 Å². The van der Waals surface area contributed by atoms with Gasteiger partial charge >= 0.3 is 0 Å². The van der Waals surface area contributed by atoms with Crippen LogP contribution in [0.25, 0.3) is 10.8 Å². The third-order valence-corrected chi connectivity index (χ3v) is 3.11. The highest BCUT2D eigenvalue weighted by molar-refractivity contribution is 6.30. The van der Waals surface area contributed by atoms with Gasteiger partial charge in [-0.1, -0.05) is 23.7 Å². The minimum atomic E-state index is 0.559. The van der Waals surface area contributed by atoms with Crippen molar-refractivity contribution in [2.45, 2.75) is 6.42 Å². The Morgan fingerprint density at radius 1 is 1.27 bits per heavy atom. The Hall–Kier alpha value is -1.28. The molecule has 2 nitrogen and oxygen atoms in total. The predicted molar refractivity (Wildman–Crippen MR) is 63.6 cm³/mol. The number of hydrogen-bond acceptors (Lipinski definition) is 2. The predicted octanol–water partition coefficient (Wildman–Crippen LogP) is 3.10. The molecule has 1 aliphatic heterocycles. The van der Waals surface area contributed by atoms with Gasteiger partial charge in [-0.3, -0.25) is 0 Å². The van der Waals surface area contributed by atoms with Crippen LogP contribution in [0.4, 0.5) is 5.69 Å². The summed E-state index contributed by atoms with van der Waals surface area (Å²) in [5, 5.41) is 2.92. The largest absolute Gasteiger partial charge is 0.371 e. The van der Waals surface area contributed by atoms with Crippen molar-refractivity contribution in [3.05, 3.63) is 35.6 Å². The Bertz CT molecular complexity index is 506. The van der Waals surface area contributed by atoms with Crippen LogP contribution < -0.4 is 4.90 Å². The molecule has 2 aromatic rings. The van der Waals surface area contributed by atoms with E-state index in [2.05, 4.69) is 28.1 Å². The first kappa shape index (κ1) is 8.98. The van der Waals surface area contributed by atoms with Crippen LogP contribution in [0.1, 0.15) is 6.42 Å². The topological polar surface area (TPSA) is 16.1 Å². The molecule has 0 bridgehead atoms. The van der Waals surface area contributed by atoms with Crippen molar-refractivity contribution >= 4 is 28.1 Å². The van der Waals surface area contributed by atoms with Crippen LogP contribution in [-0.4, -0.2) is 18.1 Å². The summed E-state index contributed by atoms with van der Waals surface area (Å²) in [6, 6.07) is 8.22. The Morgan fingerprint density at radius 3 is 2.87 bits per heavy atom. The number of pyridine rings is 1. The third-order valence-electron chi connectivity index (χ3n) is 2.91. The molecule has 1 aromatic heterocycles. The first-order chi connectivity index (χ1) is 7.34. The number of rotatable bonds is 1. The molecule has 0 saturated carbocycles. The normalized spacial score (nSPS) is 15.4. The minimum Gasteiger partial charge on any atom is -0.371 e. The summed E-state index contributed by atoms with van der Waals surface area (Å²) < 4.78 is 0. The molecule has 0 spiro atoms. The number of aromatic nitrogens is 1. The number of fused-ring (bicyclic) bond motifs is 1. The second-order valence-electron chi connectivity index (χ2n) is 3.85. The molecule has 0 unspecified atom stereocenters. The summed E-state index contributed by atoms with van der Waals surface area (Å²) in [7, 11) is 0. The van der Waals surface area contributed by atoms with Crippen LogP contribution in [0.5, 0.6) is 0 Å². The van der Waals surface area contributed by atoms with Crippen molar-refractivity contribution < 1.29 is 0 Å². The van der Waals surface area contributed by atoms with Gasteiger partial charge in [0.2, 0.25) is 0 Å². The molecule has 0 amide bonds. The van der Waals surface area contributed by atoms with E-state index in [1.54, 1.807) is 0 Å². The van der Waals surface area contributed by atoms with Crippen molar-refractivity contribution in [1.29, 1.82) is 0 Å². The monoisotopic (exact) mass is 218 g/mol. The Balaban J connectivity index is 2.21. The number of anilines is 1. The molecule has 0 N–H and O–H groups in total. The van der Waals surface area contributed by atoms with Gasteiger partial charge in [-0.25, -0.2) is 4.98 Å². The van der Waals surface area contributed by atoms with Gasteiger partial charge < -0.3 is 4.90 Å². The van der Waals surface area contributed by atoms with Gasteiger partial charge in [0, 0.05) is 30.4 Å². The molecular weight excluding hydrogens is 208 g/mol. The fraction of sp³-hybridized carbons (Fsp3) is 0.250. The van der Waals surface area contributed by atoms with Crippen molar-refractivity contribution in [2.24, 2.45) is 0 Å². The van der Waals surface area contributed by atoms with Crippen LogP contribution in [0.3, 0.4) is 0 Å². The van der Waals surface area contributed by atoms with E-state index in [-0.39, 0.29) is 0 Å². The summed E-state index contributed by atoms with van der Waals surface area (Å²) in [4.78, 5) is 6.52. The van der Waals surface area contributed by atoms with E-state index >= 15 is 0 Å². The van der Waals surface area contributed by atoms with Gasteiger partial charge in [-0.15, -0.1) is 0 Å². The zero-order chi connectivity index (χ0) is 10.3. The molecule has 76 valence electrons. The summed E-state index contributed by atoms with van der Waals surface area (Å²) in [5.74, 6) is 0. The van der Waals surface area contributed by atoms with E-state index in [0.29, 0.717) is 5.15 Å². The van der Waals surface area contributed by atoms with Crippen molar-refractivity contribution in [2.75, 3.05) is 18.0 Å². The highest BCUT2D eigenvalue weighted by atomic mass is 35.5. The fourth-order valence-corrected chi connectivity index (χ4v) is 2.13. The van der Waals surface area contributed by atoms with Crippen LogP contribution in [0.2, 0.25) is 5.15 Å². The van der Waals surface area contributed by atoms with E-state index in [4.69, 9.17) is 11.6 Å². The molecule has 0 aliphatic carbocycles. The molecule has 0 atom stereocenters. The molecule has 3 heteroatoms. The van der Waals surface area contributed by atoms with E-state index < -0.39 is 0 Å². The lowest BCUT2D eigenvalue weighted by molar-refractivity contribution is 0.620. The van der Waals surface area contributed by atoms with Crippen LogP contribution >= 0.6 is 11.6 Å². The Kier molecular flexibility index (Phi) is 2.03. The zero-order valence-electron chi connectivity index (χ0n) is 8.28. The zero-order valence-corrected chi connectivity index (χ0v) is 9.04. The standard InChI is InChI=1S/C12H11ClN2/c13-12-7-9-3-1-4-11(10(9)8-14-12)15-5-2-6-15/h1,3-4,7-8H,2,5-6H2. The molecule has 1 fully saturated rings. The number of benzene rings is 1. The van der Waals surface area contributed by atoms with Crippen LogP contribution in [0.15, 0.2) is 30.5 Å². The summed E-state index contributed by atoms with van der Waals surface area (Å²) >= 11 is 5.87. The van der Waals surface area contributed by atoms with Crippen LogP contribution in [0, 0.1) is 0 Å². The molecule has 3 rings (SSSR count). The van der Waals surface area contributed by atoms with E-state index in [0.717, 1.165) is 13.1 Å². The molecular formula is C12H11ClN2. The fourth-order valence-electron chi connectivity index (χ4n) is 1.96. The lowest BCUT2D eigenvalue weighted by Crippen LogP contribution is -2.37. The number of halogens is 1. The SMILES string of the molecule is Clc1cc2cccc(N3CCC3)c2cn1. The van der Waals surface area contributed by atoms with E-state index in [9.17, 15) is 0 Å². The van der Waals surface area contributed by atoms with Crippen molar-refractivity contribution in [1.82, 2.24) is 4.98 Å².